The van der Waals surface area contributed by atoms with Gasteiger partial charge in [0.25, 0.3) is 0 Å². The Morgan fingerprint density at radius 2 is 0.735 bits per heavy atom. The molecule has 0 fully saturated rings. The van der Waals surface area contributed by atoms with Crippen LogP contribution in [0.15, 0.2) is 152 Å². The van der Waals surface area contributed by atoms with Crippen molar-refractivity contribution in [1.82, 2.24) is 0 Å². The molecule has 0 saturated carbocycles. The van der Waals surface area contributed by atoms with Crippen molar-refractivity contribution in [2.24, 2.45) is 0 Å². The summed E-state index contributed by atoms with van der Waals surface area (Å²) in [5, 5.41) is 0. The lowest BCUT2D eigenvalue weighted by atomic mass is 10.0. The summed E-state index contributed by atoms with van der Waals surface area (Å²) in [7, 11) is 1.67. The van der Waals surface area contributed by atoms with Gasteiger partial charge in [-0.2, -0.15) is 0 Å². The predicted molar refractivity (Wildman–Crippen MR) is 195 cm³/mol. The van der Waals surface area contributed by atoms with Gasteiger partial charge in [-0.25, -0.2) is 0 Å². The van der Waals surface area contributed by atoms with Crippen LogP contribution >= 0.6 is 0 Å². The molecule has 0 atom stereocenters. The first kappa shape index (κ1) is 33.2. The monoisotopic (exact) mass is 650 g/mol. The third-order valence-electron chi connectivity index (χ3n) is 8.26. The van der Waals surface area contributed by atoms with Crippen molar-refractivity contribution in [3.8, 4) is 28.7 Å². The molecule has 0 radical (unpaired) electrons. The van der Waals surface area contributed by atoms with E-state index >= 15 is 0 Å². The van der Waals surface area contributed by atoms with E-state index in [0.717, 1.165) is 81.4 Å². The van der Waals surface area contributed by atoms with Crippen molar-refractivity contribution < 1.29 is 23.7 Å². The molecule has 49 heavy (non-hydrogen) atoms. The van der Waals surface area contributed by atoms with E-state index in [1.807, 2.05) is 103 Å². The minimum absolute atomic E-state index is 0.445. The van der Waals surface area contributed by atoms with E-state index in [4.69, 9.17) is 23.7 Å². The van der Waals surface area contributed by atoms with Crippen LogP contribution in [0.2, 0.25) is 0 Å². The molecule has 5 heteroatoms. The SMILES string of the molecule is COc1ccc(COc2cc(OCc3ccccc3)ccc2CCCc2ccc(OCc3ccccc3)cc2OCc2ccccc2)cc1. The van der Waals surface area contributed by atoms with Crippen LogP contribution in [0.25, 0.3) is 0 Å². The van der Waals surface area contributed by atoms with E-state index in [9.17, 15) is 0 Å². The van der Waals surface area contributed by atoms with Crippen LogP contribution in [-0.4, -0.2) is 7.11 Å². The Morgan fingerprint density at radius 1 is 0.367 bits per heavy atom. The number of benzene rings is 6. The fourth-order valence-electron chi connectivity index (χ4n) is 5.50. The van der Waals surface area contributed by atoms with Gasteiger partial charge < -0.3 is 23.7 Å². The highest BCUT2D eigenvalue weighted by Gasteiger charge is 2.12. The van der Waals surface area contributed by atoms with Gasteiger partial charge in [-0.05, 0) is 76.9 Å². The first-order valence-corrected chi connectivity index (χ1v) is 16.7. The van der Waals surface area contributed by atoms with Gasteiger partial charge in [-0.3, -0.25) is 0 Å². The van der Waals surface area contributed by atoms with Crippen molar-refractivity contribution in [2.75, 3.05) is 7.11 Å². The molecule has 248 valence electrons. The van der Waals surface area contributed by atoms with Gasteiger partial charge in [0.05, 0.1) is 7.11 Å². The highest BCUT2D eigenvalue weighted by atomic mass is 16.5. The Morgan fingerprint density at radius 3 is 1.14 bits per heavy atom. The summed E-state index contributed by atoms with van der Waals surface area (Å²) >= 11 is 0. The van der Waals surface area contributed by atoms with Crippen LogP contribution in [0.3, 0.4) is 0 Å². The number of methoxy groups -OCH3 is 1. The van der Waals surface area contributed by atoms with Crippen LogP contribution < -0.4 is 23.7 Å². The highest BCUT2D eigenvalue weighted by Crippen LogP contribution is 2.31. The summed E-state index contributed by atoms with van der Waals surface area (Å²) in [5.74, 6) is 4.06. The average molecular weight is 651 g/mol. The van der Waals surface area contributed by atoms with E-state index in [2.05, 4.69) is 48.5 Å². The molecule has 6 rings (SSSR count). The number of hydrogen-bond acceptors (Lipinski definition) is 5. The van der Waals surface area contributed by atoms with E-state index in [0.29, 0.717) is 26.4 Å². The molecule has 0 heterocycles. The van der Waals surface area contributed by atoms with Crippen molar-refractivity contribution in [2.45, 2.75) is 45.7 Å². The molecule has 0 unspecified atom stereocenters. The highest BCUT2D eigenvalue weighted by molar-refractivity contribution is 5.43. The van der Waals surface area contributed by atoms with Crippen LogP contribution in [0.1, 0.15) is 39.8 Å². The Bertz CT molecular complexity index is 1860. The standard InChI is InChI=1S/C44H42O5/c1-45-40-24-20-37(21-25-40)33-49-44-29-42(47-31-35-14-7-3-8-15-35)27-23-39(44)19-11-18-38-22-26-41(46-30-34-12-5-2-6-13-34)28-43(38)48-32-36-16-9-4-10-17-36/h2-10,12-17,20-29H,11,18-19,30-33H2,1H3. The summed E-state index contributed by atoms with van der Waals surface area (Å²) in [4.78, 5) is 0. The van der Waals surface area contributed by atoms with Crippen molar-refractivity contribution in [3.05, 3.63) is 185 Å². The molecule has 0 aromatic heterocycles. The molecule has 0 saturated heterocycles. The van der Waals surface area contributed by atoms with E-state index < -0.39 is 0 Å². The van der Waals surface area contributed by atoms with Crippen LogP contribution in [0.4, 0.5) is 0 Å². The molecule has 0 amide bonds. The second-order valence-corrected chi connectivity index (χ2v) is 11.9. The number of aryl methyl sites for hydroxylation is 2. The van der Waals surface area contributed by atoms with E-state index in [-0.39, 0.29) is 0 Å². The maximum atomic E-state index is 6.42. The van der Waals surface area contributed by atoms with E-state index in [1.165, 1.54) is 0 Å². The molecule has 0 aliphatic heterocycles. The maximum absolute atomic E-state index is 6.42. The molecular weight excluding hydrogens is 608 g/mol. The molecule has 0 N–H and O–H groups in total. The summed E-state index contributed by atoms with van der Waals surface area (Å²) < 4.78 is 30.4. The van der Waals surface area contributed by atoms with Gasteiger partial charge in [-0.1, -0.05) is 115 Å². The summed E-state index contributed by atoms with van der Waals surface area (Å²) in [6, 6.07) is 50.9. The fourth-order valence-corrected chi connectivity index (χ4v) is 5.50. The van der Waals surface area contributed by atoms with Gasteiger partial charge >= 0.3 is 0 Å². The molecule has 6 aromatic carbocycles. The minimum Gasteiger partial charge on any atom is -0.497 e. The second kappa shape index (κ2) is 17.5. The smallest absolute Gasteiger partial charge is 0.126 e. The largest absolute Gasteiger partial charge is 0.497 e. The van der Waals surface area contributed by atoms with Crippen molar-refractivity contribution in [3.63, 3.8) is 0 Å². The van der Waals surface area contributed by atoms with Gasteiger partial charge in [0.2, 0.25) is 0 Å². The Hall–Kier alpha value is -5.68. The lowest BCUT2D eigenvalue weighted by Gasteiger charge is -2.16. The quantitative estimate of drug-likeness (QED) is 0.0983. The molecule has 6 aromatic rings. The minimum atomic E-state index is 0.445. The van der Waals surface area contributed by atoms with Gasteiger partial charge in [0, 0.05) is 12.1 Å². The first-order valence-electron chi connectivity index (χ1n) is 16.7. The summed E-state index contributed by atoms with van der Waals surface area (Å²) in [6.07, 6.45) is 2.59. The Labute approximate surface area is 289 Å². The lowest BCUT2D eigenvalue weighted by molar-refractivity contribution is 0.287. The molecule has 0 spiro atoms. The number of ether oxygens (including phenoxy) is 5. The Balaban J connectivity index is 1.15. The second-order valence-electron chi connectivity index (χ2n) is 11.9. The van der Waals surface area contributed by atoms with Crippen LogP contribution in [0.5, 0.6) is 28.7 Å². The normalized spacial score (nSPS) is 10.7. The third kappa shape index (κ3) is 10.2. The predicted octanol–water partition coefficient (Wildman–Crippen LogP) is 10.2. The van der Waals surface area contributed by atoms with Crippen LogP contribution in [-0.2, 0) is 39.3 Å². The van der Waals surface area contributed by atoms with Gasteiger partial charge in [-0.15, -0.1) is 0 Å². The topological polar surface area (TPSA) is 46.2 Å². The molecule has 0 aliphatic rings. The molecule has 0 aliphatic carbocycles. The molecular formula is C44H42O5. The van der Waals surface area contributed by atoms with Gasteiger partial charge in [0.15, 0.2) is 0 Å². The maximum Gasteiger partial charge on any atom is 0.126 e. The zero-order valence-corrected chi connectivity index (χ0v) is 27.9. The lowest BCUT2D eigenvalue weighted by Crippen LogP contribution is -2.03. The number of hydrogen-bond donors (Lipinski definition) is 0. The van der Waals surface area contributed by atoms with Crippen LogP contribution in [0, 0.1) is 0 Å². The zero-order chi connectivity index (χ0) is 33.5. The number of rotatable bonds is 17. The zero-order valence-electron chi connectivity index (χ0n) is 27.9. The van der Waals surface area contributed by atoms with Crippen molar-refractivity contribution in [1.29, 1.82) is 0 Å². The van der Waals surface area contributed by atoms with Crippen molar-refractivity contribution >= 4 is 0 Å². The average Bonchev–Trinajstić information content (AvgIpc) is 3.17. The van der Waals surface area contributed by atoms with E-state index in [1.54, 1.807) is 7.11 Å². The first-order chi connectivity index (χ1) is 24.2. The third-order valence-corrected chi connectivity index (χ3v) is 8.26. The molecule has 5 nitrogen and oxygen atoms in total. The summed E-state index contributed by atoms with van der Waals surface area (Å²) in [5.41, 5.74) is 6.71. The Kier molecular flexibility index (Phi) is 11.8. The summed E-state index contributed by atoms with van der Waals surface area (Å²) in [6.45, 7) is 1.93. The molecule has 0 bridgehead atoms. The fraction of sp³-hybridized carbons (Fsp3) is 0.182. The van der Waals surface area contributed by atoms with Gasteiger partial charge in [0.1, 0.15) is 55.2 Å².